The van der Waals surface area contributed by atoms with Crippen molar-refractivity contribution in [3.63, 3.8) is 0 Å². The molecule has 0 radical (unpaired) electrons. The van der Waals surface area contributed by atoms with Gasteiger partial charge in [0.2, 0.25) is 10.0 Å². The molecule has 1 atom stereocenters. The third-order valence-electron chi connectivity index (χ3n) is 4.33. The van der Waals surface area contributed by atoms with Crippen molar-refractivity contribution in [2.24, 2.45) is 5.73 Å². The number of nitrogens with zero attached hydrogens (tertiary/aromatic N) is 2. The Morgan fingerprint density at radius 2 is 1.68 bits per heavy atom. The van der Waals surface area contributed by atoms with Crippen LogP contribution in [0, 0.1) is 15.9 Å². The molecule has 172 valence electrons. The summed E-state index contributed by atoms with van der Waals surface area (Å²) in [7, 11) is -4.16. The molecule has 1 unspecified atom stereocenters. The van der Waals surface area contributed by atoms with E-state index in [0.29, 0.717) is 12.1 Å². The van der Waals surface area contributed by atoms with Gasteiger partial charge in [-0.2, -0.15) is 17.5 Å². The Bertz CT molecular complexity index is 1030. The second-order valence-corrected chi connectivity index (χ2v) is 8.65. The number of alkyl halides is 3. The van der Waals surface area contributed by atoms with E-state index in [1.807, 2.05) is 0 Å². The van der Waals surface area contributed by atoms with Gasteiger partial charge >= 0.3 is 6.18 Å². The number of nitro benzene ring substituents is 1. The van der Waals surface area contributed by atoms with Crippen molar-refractivity contribution in [3.05, 3.63) is 69.5 Å². The molecular formula is C18H20ClF4N3O4S. The quantitative estimate of drug-likeness (QED) is 0.358. The fourth-order valence-electron chi connectivity index (χ4n) is 2.75. The van der Waals surface area contributed by atoms with Crippen LogP contribution in [0.3, 0.4) is 0 Å². The minimum Gasteiger partial charge on any atom is -0.323 e. The van der Waals surface area contributed by atoms with Gasteiger partial charge in [-0.3, -0.25) is 10.1 Å². The average Bonchev–Trinajstić information content (AvgIpc) is 2.64. The van der Waals surface area contributed by atoms with E-state index in [0.717, 1.165) is 34.6 Å². The van der Waals surface area contributed by atoms with Crippen LogP contribution in [-0.4, -0.2) is 30.2 Å². The summed E-state index contributed by atoms with van der Waals surface area (Å²) < 4.78 is 79.2. The van der Waals surface area contributed by atoms with Crippen molar-refractivity contribution >= 4 is 28.1 Å². The molecule has 0 heterocycles. The maximum Gasteiger partial charge on any atom is 0.419 e. The predicted molar refractivity (Wildman–Crippen MR) is 108 cm³/mol. The molecule has 0 aliphatic carbocycles. The summed E-state index contributed by atoms with van der Waals surface area (Å²) in [6.45, 7) is 2.70. The molecule has 7 nitrogen and oxygen atoms in total. The van der Waals surface area contributed by atoms with Gasteiger partial charge in [-0.05, 0) is 43.7 Å². The van der Waals surface area contributed by atoms with E-state index in [2.05, 4.69) is 0 Å². The average molecular weight is 486 g/mol. The zero-order valence-corrected chi connectivity index (χ0v) is 18.0. The molecule has 2 rings (SSSR count). The fraction of sp³-hybridized carbons (Fsp3) is 0.333. The predicted octanol–water partition coefficient (Wildman–Crippen LogP) is 4.27. The molecule has 0 aliphatic heterocycles. The molecule has 0 fully saturated rings. The van der Waals surface area contributed by atoms with Crippen LogP contribution in [0.1, 0.15) is 31.0 Å². The molecule has 0 spiro atoms. The maximum atomic E-state index is 13.5. The lowest BCUT2D eigenvalue weighted by molar-refractivity contribution is -0.384. The topological polar surface area (TPSA) is 107 Å². The summed E-state index contributed by atoms with van der Waals surface area (Å²) in [5.74, 6) is -1.46. The van der Waals surface area contributed by atoms with Crippen LogP contribution in [-0.2, 0) is 16.2 Å². The van der Waals surface area contributed by atoms with Gasteiger partial charge in [-0.15, -0.1) is 12.4 Å². The van der Waals surface area contributed by atoms with Crippen LogP contribution in [0.15, 0.2) is 47.4 Å². The van der Waals surface area contributed by atoms with Gasteiger partial charge < -0.3 is 5.73 Å². The molecule has 13 heteroatoms. The summed E-state index contributed by atoms with van der Waals surface area (Å²) in [5, 5.41) is 10.8. The first-order valence-corrected chi connectivity index (χ1v) is 10.1. The largest absolute Gasteiger partial charge is 0.419 e. The zero-order valence-electron chi connectivity index (χ0n) is 16.3. The minimum absolute atomic E-state index is 0. The fourth-order valence-corrected chi connectivity index (χ4v) is 4.41. The number of rotatable bonds is 7. The number of non-ortho nitro benzene ring substituents is 1. The Balaban J connectivity index is 0.00000480. The van der Waals surface area contributed by atoms with Gasteiger partial charge in [-0.25, -0.2) is 12.8 Å². The zero-order chi connectivity index (χ0) is 22.9. The maximum absolute atomic E-state index is 13.5. The van der Waals surface area contributed by atoms with Gasteiger partial charge in [0.15, 0.2) is 0 Å². The molecule has 0 saturated heterocycles. The molecule has 0 bridgehead atoms. The summed E-state index contributed by atoms with van der Waals surface area (Å²) in [5.41, 5.74) is 4.07. The van der Waals surface area contributed by atoms with E-state index in [4.69, 9.17) is 5.73 Å². The van der Waals surface area contributed by atoms with Crippen molar-refractivity contribution in [3.8, 4) is 0 Å². The first-order chi connectivity index (χ1) is 13.7. The second kappa shape index (κ2) is 9.90. The summed E-state index contributed by atoms with van der Waals surface area (Å²) >= 11 is 0. The van der Waals surface area contributed by atoms with E-state index in [1.54, 1.807) is 13.8 Å². The number of nitro groups is 1. The highest BCUT2D eigenvalue weighted by atomic mass is 35.5. The lowest BCUT2D eigenvalue weighted by Crippen LogP contribution is -2.41. The Kier molecular flexibility index (Phi) is 8.54. The molecule has 2 aromatic carbocycles. The molecule has 2 aromatic rings. The van der Waals surface area contributed by atoms with E-state index in [-0.39, 0.29) is 35.1 Å². The summed E-state index contributed by atoms with van der Waals surface area (Å²) in [6.07, 6.45) is -4.93. The highest BCUT2D eigenvalue weighted by molar-refractivity contribution is 7.89. The lowest BCUT2D eigenvalue weighted by Gasteiger charge is -2.29. The SMILES string of the molecule is CC(C)N(CC(N)c1ccc(F)c(C(F)(F)F)c1)S(=O)(=O)c1ccc([N+](=O)[O-])cc1.Cl. The second-order valence-electron chi connectivity index (χ2n) is 6.76. The van der Waals surface area contributed by atoms with Gasteiger partial charge in [0.05, 0.1) is 15.4 Å². The number of hydrogen-bond donors (Lipinski definition) is 1. The van der Waals surface area contributed by atoms with E-state index in [1.165, 1.54) is 0 Å². The molecule has 31 heavy (non-hydrogen) atoms. The van der Waals surface area contributed by atoms with Crippen molar-refractivity contribution in [1.29, 1.82) is 0 Å². The van der Waals surface area contributed by atoms with Crippen molar-refractivity contribution in [2.45, 2.75) is 37.0 Å². The van der Waals surface area contributed by atoms with Crippen molar-refractivity contribution in [1.82, 2.24) is 4.31 Å². The Morgan fingerprint density at radius 1 is 1.13 bits per heavy atom. The third-order valence-corrected chi connectivity index (χ3v) is 6.39. The van der Waals surface area contributed by atoms with Gasteiger partial charge in [0, 0.05) is 30.8 Å². The van der Waals surface area contributed by atoms with Gasteiger partial charge in [0.25, 0.3) is 5.69 Å². The third kappa shape index (κ3) is 6.12. The number of sulfonamides is 1. The molecular weight excluding hydrogens is 466 g/mol. The number of benzene rings is 2. The standard InChI is InChI=1S/C18H19F4N3O4S.ClH/c1-11(2)24(30(28,29)14-6-4-13(5-7-14)25(26)27)10-17(23)12-3-8-16(19)15(9-12)18(20,21)22;/h3-9,11,17H,10,23H2,1-2H3;1H. The van der Waals surface area contributed by atoms with Crippen LogP contribution in [0.2, 0.25) is 0 Å². The van der Waals surface area contributed by atoms with E-state index >= 15 is 0 Å². The Labute approximate surface area is 182 Å². The summed E-state index contributed by atoms with van der Waals surface area (Å²) in [6, 6.07) is 4.62. The van der Waals surface area contributed by atoms with Crippen LogP contribution < -0.4 is 5.73 Å². The van der Waals surface area contributed by atoms with Gasteiger partial charge in [-0.1, -0.05) is 6.07 Å². The number of halogens is 5. The minimum atomic E-state index is -4.93. The van der Waals surface area contributed by atoms with Crippen LogP contribution in [0.4, 0.5) is 23.2 Å². The number of nitrogens with two attached hydrogens (primary N) is 1. The van der Waals surface area contributed by atoms with Crippen LogP contribution >= 0.6 is 12.4 Å². The Hall–Kier alpha value is -2.28. The first-order valence-electron chi connectivity index (χ1n) is 8.63. The normalized spacial score (nSPS) is 13.2. The van der Waals surface area contributed by atoms with E-state index in [9.17, 15) is 36.1 Å². The van der Waals surface area contributed by atoms with Gasteiger partial charge in [0.1, 0.15) is 5.82 Å². The first kappa shape index (κ1) is 26.8. The molecule has 2 N–H and O–H groups in total. The smallest absolute Gasteiger partial charge is 0.323 e. The lowest BCUT2D eigenvalue weighted by atomic mass is 10.0. The van der Waals surface area contributed by atoms with Crippen molar-refractivity contribution < 1.29 is 30.9 Å². The van der Waals surface area contributed by atoms with Crippen LogP contribution in [0.5, 0.6) is 0 Å². The van der Waals surface area contributed by atoms with Crippen molar-refractivity contribution in [2.75, 3.05) is 6.54 Å². The molecule has 0 aliphatic rings. The number of hydrogen-bond acceptors (Lipinski definition) is 5. The van der Waals surface area contributed by atoms with E-state index < -0.39 is 44.6 Å². The molecule has 0 saturated carbocycles. The summed E-state index contributed by atoms with van der Waals surface area (Å²) in [4.78, 5) is 9.84. The highest BCUT2D eigenvalue weighted by Crippen LogP contribution is 2.33. The van der Waals surface area contributed by atoms with Crippen LogP contribution in [0.25, 0.3) is 0 Å². The highest BCUT2D eigenvalue weighted by Gasteiger charge is 2.35. The monoisotopic (exact) mass is 485 g/mol. The Morgan fingerprint density at radius 3 is 2.13 bits per heavy atom. The molecule has 0 amide bonds. The molecule has 0 aromatic heterocycles.